The van der Waals surface area contributed by atoms with E-state index in [1.807, 2.05) is 24.3 Å². The third-order valence-corrected chi connectivity index (χ3v) is 3.42. The topological polar surface area (TPSA) is 75.9 Å². The third-order valence-electron chi connectivity index (χ3n) is 3.42. The van der Waals surface area contributed by atoms with Crippen LogP contribution in [0.4, 0.5) is 11.8 Å². The average Bonchev–Trinajstić information content (AvgIpc) is 2.44. The number of nitrogen functional groups attached to an aromatic ring is 1. The molecule has 0 spiro atoms. The summed E-state index contributed by atoms with van der Waals surface area (Å²) >= 11 is 0. The average molecular weight is 259 g/mol. The lowest BCUT2D eigenvalue weighted by Crippen LogP contribution is -2.23. The van der Waals surface area contributed by atoms with Crippen molar-refractivity contribution in [2.45, 2.75) is 27.2 Å². The molecular formula is C14H21N5. The summed E-state index contributed by atoms with van der Waals surface area (Å²) in [6, 6.07) is 7.90. The van der Waals surface area contributed by atoms with Gasteiger partial charge in [-0.15, -0.1) is 0 Å². The highest BCUT2D eigenvalue weighted by Crippen LogP contribution is 2.24. The summed E-state index contributed by atoms with van der Waals surface area (Å²) in [5.41, 5.74) is 3.61. The van der Waals surface area contributed by atoms with Crippen LogP contribution in [-0.2, 0) is 0 Å². The molecule has 2 aromatic rings. The summed E-state index contributed by atoms with van der Waals surface area (Å²) in [5, 5.41) is 4.41. The predicted molar refractivity (Wildman–Crippen MR) is 79.9 cm³/mol. The fraction of sp³-hybridized carbons (Fsp3) is 0.429. The molecule has 4 N–H and O–H groups in total. The van der Waals surface area contributed by atoms with Crippen LogP contribution in [0.25, 0.3) is 10.9 Å². The van der Waals surface area contributed by atoms with Crippen molar-refractivity contribution in [1.29, 1.82) is 0 Å². The van der Waals surface area contributed by atoms with Crippen molar-refractivity contribution < 1.29 is 0 Å². The Hall–Kier alpha value is -1.88. The van der Waals surface area contributed by atoms with Gasteiger partial charge < -0.3 is 5.32 Å². The zero-order valence-corrected chi connectivity index (χ0v) is 11.7. The van der Waals surface area contributed by atoms with Gasteiger partial charge >= 0.3 is 0 Å². The van der Waals surface area contributed by atoms with Crippen LogP contribution in [0, 0.1) is 5.41 Å². The van der Waals surface area contributed by atoms with Gasteiger partial charge in [0, 0.05) is 11.9 Å². The van der Waals surface area contributed by atoms with Crippen LogP contribution in [0.3, 0.4) is 0 Å². The van der Waals surface area contributed by atoms with Crippen molar-refractivity contribution in [2.24, 2.45) is 11.3 Å². The molecular weight excluding hydrogens is 238 g/mol. The molecule has 102 valence electrons. The number of para-hydroxylation sites is 1. The first kappa shape index (κ1) is 13.5. The lowest BCUT2D eigenvalue weighted by Gasteiger charge is -2.23. The predicted octanol–water partition coefficient (Wildman–Crippen LogP) is 2.76. The number of hydrogen-bond donors (Lipinski definition) is 3. The second-order valence-electron chi connectivity index (χ2n) is 5.43. The number of nitrogens with zero attached hydrogens (tertiary/aromatic N) is 2. The van der Waals surface area contributed by atoms with E-state index in [0.29, 0.717) is 5.95 Å². The van der Waals surface area contributed by atoms with Gasteiger partial charge in [-0.2, -0.15) is 4.98 Å². The van der Waals surface area contributed by atoms with E-state index in [2.05, 4.69) is 41.5 Å². The zero-order chi connectivity index (χ0) is 13.9. The monoisotopic (exact) mass is 259 g/mol. The summed E-state index contributed by atoms with van der Waals surface area (Å²) in [4.78, 5) is 8.73. The van der Waals surface area contributed by atoms with Crippen LogP contribution in [0.5, 0.6) is 0 Å². The highest BCUT2D eigenvalue weighted by molar-refractivity contribution is 5.89. The highest BCUT2D eigenvalue weighted by Gasteiger charge is 2.16. The van der Waals surface area contributed by atoms with Gasteiger partial charge in [-0.3, -0.25) is 5.43 Å². The number of hydrogen-bond acceptors (Lipinski definition) is 5. The first-order valence-corrected chi connectivity index (χ1v) is 6.53. The first-order chi connectivity index (χ1) is 9.05. The SMILES string of the molecule is CCC(C)(C)CNc1nc(NN)nc2ccccc12. The fourth-order valence-corrected chi connectivity index (χ4v) is 1.72. The van der Waals surface area contributed by atoms with E-state index < -0.39 is 0 Å². The van der Waals surface area contributed by atoms with Crippen molar-refractivity contribution >= 4 is 22.7 Å². The molecule has 0 aliphatic carbocycles. The zero-order valence-electron chi connectivity index (χ0n) is 11.7. The maximum absolute atomic E-state index is 5.42. The third kappa shape index (κ3) is 3.12. The van der Waals surface area contributed by atoms with E-state index in [-0.39, 0.29) is 5.41 Å². The van der Waals surface area contributed by atoms with Crippen LogP contribution < -0.4 is 16.6 Å². The summed E-state index contributed by atoms with van der Waals surface area (Å²) in [6.07, 6.45) is 1.10. The molecule has 1 aromatic carbocycles. The summed E-state index contributed by atoms with van der Waals surface area (Å²) in [5.74, 6) is 6.66. The van der Waals surface area contributed by atoms with Crippen molar-refractivity contribution in [1.82, 2.24) is 9.97 Å². The Morgan fingerprint density at radius 3 is 2.63 bits per heavy atom. The van der Waals surface area contributed by atoms with Crippen LogP contribution in [0.2, 0.25) is 0 Å². The molecule has 0 atom stereocenters. The van der Waals surface area contributed by atoms with E-state index in [1.165, 1.54) is 0 Å². The number of rotatable bonds is 5. The lowest BCUT2D eigenvalue weighted by molar-refractivity contribution is 0.376. The maximum Gasteiger partial charge on any atom is 0.239 e. The summed E-state index contributed by atoms with van der Waals surface area (Å²) < 4.78 is 0. The maximum atomic E-state index is 5.42. The van der Waals surface area contributed by atoms with Gasteiger partial charge in [-0.1, -0.05) is 32.9 Å². The molecule has 1 heterocycles. The number of fused-ring (bicyclic) bond motifs is 1. The number of nitrogens with one attached hydrogen (secondary N) is 2. The van der Waals surface area contributed by atoms with Crippen LogP contribution in [-0.4, -0.2) is 16.5 Å². The van der Waals surface area contributed by atoms with Gasteiger partial charge in [-0.05, 0) is 24.0 Å². The molecule has 1 aromatic heterocycles. The smallest absolute Gasteiger partial charge is 0.239 e. The molecule has 0 aliphatic rings. The molecule has 0 radical (unpaired) electrons. The second kappa shape index (κ2) is 5.40. The van der Waals surface area contributed by atoms with E-state index in [4.69, 9.17) is 5.84 Å². The van der Waals surface area contributed by atoms with Crippen molar-refractivity contribution in [3.8, 4) is 0 Å². The number of nitrogens with two attached hydrogens (primary N) is 1. The highest BCUT2D eigenvalue weighted by atomic mass is 15.3. The minimum atomic E-state index is 0.225. The largest absolute Gasteiger partial charge is 0.369 e. The molecule has 0 amide bonds. The van der Waals surface area contributed by atoms with Crippen molar-refractivity contribution in [3.05, 3.63) is 24.3 Å². The Kier molecular flexibility index (Phi) is 3.85. The number of anilines is 2. The molecule has 5 nitrogen and oxygen atoms in total. The molecule has 5 heteroatoms. The van der Waals surface area contributed by atoms with Crippen LogP contribution in [0.1, 0.15) is 27.2 Å². The van der Waals surface area contributed by atoms with E-state index in [9.17, 15) is 0 Å². The Bertz CT molecular complexity index is 565. The minimum Gasteiger partial charge on any atom is -0.369 e. The summed E-state index contributed by atoms with van der Waals surface area (Å²) in [7, 11) is 0. The van der Waals surface area contributed by atoms with Gasteiger partial charge in [0.25, 0.3) is 0 Å². The molecule has 0 aliphatic heterocycles. The van der Waals surface area contributed by atoms with Crippen molar-refractivity contribution in [3.63, 3.8) is 0 Å². The van der Waals surface area contributed by atoms with Gasteiger partial charge in [-0.25, -0.2) is 10.8 Å². The molecule has 2 rings (SSSR count). The van der Waals surface area contributed by atoms with Crippen LogP contribution in [0.15, 0.2) is 24.3 Å². The molecule has 0 saturated carbocycles. The first-order valence-electron chi connectivity index (χ1n) is 6.53. The Balaban J connectivity index is 2.35. The van der Waals surface area contributed by atoms with Gasteiger partial charge in [0.05, 0.1) is 5.52 Å². The molecule has 0 saturated heterocycles. The molecule has 0 fully saturated rings. The Morgan fingerprint density at radius 2 is 1.95 bits per heavy atom. The van der Waals surface area contributed by atoms with Gasteiger partial charge in [0.2, 0.25) is 5.95 Å². The number of benzene rings is 1. The quantitative estimate of drug-likeness (QED) is 0.568. The molecule has 19 heavy (non-hydrogen) atoms. The van der Waals surface area contributed by atoms with E-state index in [1.54, 1.807) is 0 Å². The van der Waals surface area contributed by atoms with Crippen molar-refractivity contribution in [2.75, 3.05) is 17.3 Å². The standard InChI is InChI=1S/C14H21N5/c1-4-14(2,3)9-16-12-10-7-5-6-8-11(10)17-13(18-12)19-15/h5-8H,4,9,15H2,1-3H3,(H2,16,17,18,19). The van der Waals surface area contributed by atoms with E-state index >= 15 is 0 Å². The molecule has 0 bridgehead atoms. The number of hydrazine groups is 1. The normalized spacial score (nSPS) is 11.6. The van der Waals surface area contributed by atoms with E-state index in [0.717, 1.165) is 29.7 Å². The summed E-state index contributed by atoms with van der Waals surface area (Å²) in [6.45, 7) is 7.50. The van der Waals surface area contributed by atoms with Crippen LogP contribution >= 0.6 is 0 Å². The Morgan fingerprint density at radius 1 is 1.21 bits per heavy atom. The minimum absolute atomic E-state index is 0.225. The van der Waals surface area contributed by atoms with Gasteiger partial charge in [0.15, 0.2) is 0 Å². The fourth-order valence-electron chi connectivity index (χ4n) is 1.72. The Labute approximate surface area is 113 Å². The number of aromatic nitrogens is 2. The second-order valence-corrected chi connectivity index (χ2v) is 5.43. The van der Waals surface area contributed by atoms with Gasteiger partial charge in [0.1, 0.15) is 5.82 Å². The lowest BCUT2D eigenvalue weighted by atomic mass is 9.90. The molecule has 0 unspecified atom stereocenters.